The lowest BCUT2D eigenvalue weighted by Crippen LogP contribution is -2.34. The lowest BCUT2D eigenvalue weighted by atomic mass is 9.84. The lowest BCUT2D eigenvalue weighted by molar-refractivity contribution is 0.0775. The Kier molecular flexibility index (Phi) is 2.14. The van der Waals surface area contributed by atoms with Gasteiger partial charge in [-0.1, -0.05) is 20.8 Å². The van der Waals surface area contributed by atoms with Crippen LogP contribution in [0.25, 0.3) is 0 Å². The van der Waals surface area contributed by atoms with Crippen LogP contribution in [-0.4, -0.2) is 29.4 Å². The summed E-state index contributed by atoms with van der Waals surface area (Å²) in [4.78, 5) is 16.7. The first-order chi connectivity index (χ1) is 6.91. The maximum absolute atomic E-state index is 11.9. The Morgan fingerprint density at radius 2 is 2.07 bits per heavy atom. The third-order valence-electron chi connectivity index (χ3n) is 3.05. The van der Waals surface area contributed by atoms with Crippen LogP contribution in [0.5, 0.6) is 0 Å². The van der Waals surface area contributed by atoms with Gasteiger partial charge in [-0.2, -0.15) is 0 Å². The molecule has 0 spiro atoms. The van der Waals surface area contributed by atoms with Gasteiger partial charge in [0.1, 0.15) is 5.69 Å². The van der Waals surface area contributed by atoms with Gasteiger partial charge in [-0.05, 0) is 23.0 Å². The van der Waals surface area contributed by atoms with Gasteiger partial charge in [0.05, 0.1) is 0 Å². The Labute approximate surface area is 90.5 Å². The molecule has 0 atom stereocenters. The molecule has 0 aliphatic carbocycles. The normalized spacial score (nSPS) is 16.8. The predicted molar refractivity (Wildman–Crippen MR) is 60.2 cm³/mol. The van der Waals surface area contributed by atoms with E-state index in [0.717, 1.165) is 18.7 Å². The van der Waals surface area contributed by atoms with Crippen molar-refractivity contribution in [1.29, 1.82) is 0 Å². The fourth-order valence-corrected chi connectivity index (χ4v) is 2.14. The number of carbonyl (C=O) groups is 1. The molecule has 3 nitrogen and oxygen atoms in total. The number of hydrogen-bond acceptors (Lipinski definition) is 1. The first kappa shape index (κ1) is 10.3. The predicted octanol–water partition coefficient (Wildman–Crippen LogP) is 1.94. The molecular formula is C12H18N2O. The van der Waals surface area contributed by atoms with E-state index >= 15 is 0 Å². The van der Waals surface area contributed by atoms with Crippen molar-refractivity contribution >= 4 is 5.91 Å². The summed E-state index contributed by atoms with van der Waals surface area (Å²) in [5, 5.41) is 0. The van der Waals surface area contributed by atoms with Gasteiger partial charge in [0.15, 0.2) is 0 Å². The average molecular weight is 206 g/mol. The van der Waals surface area contributed by atoms with Gasteiger partial charge in [0.25, 0.3) is 5.91 Å². The van der Waals surface area contributed by atoms with Gasteiger partial charge in [-0.15, -0.1) is 0 Å². The first-order valence-corrected chi connectivity index (χ1v) is 5.37. The molecule has 0 fully saturated rings. The van der Waals surface area contributed by atoms with Crippen LogP contribution in [0, 0.1) is 0 Å². The number of H-pyrrole nitrogens is 1. The van der Waals surface area contributed by atoms with Crippen LogP contribution in [0.3, 0.4) is 0 Å². The smallest absolute Gasteiger partial charge is 0.270 e. The third kappa shape index (κ3) is 1.56. The van der Waals surface area contributed by atoms with Crippen molar-refractivity contribution < 1.29 is 4.79 Å². The SMILES string of the molecule is CN1CCc2c(C(C)(C)C)c[nH]c2C1=O. The van der Waals surface area contributed by atoms with Gasteiger partial charge in [0, 0.05) is 19.8 Å². The molecular weight excluding hydrogens is 188 g/mol. The molecule has 0 saturated heterocycles. The maximum atomic E-state index is 11.9. The minimum absolute atomic E-state index is 0.111. The molecule has 2 heterocycles. The summed E-state index contributed by atoms with van der Waals surface area (Å²) in [5.74, 6) is 0.117. The molecule has 2 rings (SSSR count). The van der Waals surface area contributed by atoms with Gasteiger partial charge in [-0.25, -0.2) is 0 Å². The summed E-state index contributed by atoms with van der Waals surface area (Å²) in [6, 6.07) is 0. The topological polar surface area (TPSA) is 36.1 Å². The van der Waals surface area contributed by atoms with Crippen molar-refractivity contribution in [1.82, 2.24) is 9.88 Å². The molecule has 1 aliphatic heterocycles. The number of rotatable bonds is 0. The van der Waals surface area contributed by atoms with E-state index in [1.165, 1.54) is 11.1 Å². The van der Waals surface area contributed by atoms with Crippen LogP contribution in [0.4, 0.5) is 0 Å². The van der Waals surface area contributed by atoms with E-state index in [4.69, 9.17) is 0 Å². The molecule has 0 saturated carbocycles. The molecule has 1 amide bonds. The monoisotopic (exact) mass is 206 g/mol. The zero-order valence-electron chi connectivity index (χ0n) is 9.85. The molecule has 0 bridgehead atoms. The fraction of sp³-hybridized carbons (Fsp3) is 0.583. The Bertz CT molecular complexity index is 398. The van der Waals surface area contributed by atoms with Crippen molar-refractivity contribution in [2.45, 2.75) is 32.6 Å². The zero-order valence-corrected chi connectivity index (χ0v) is 9.85. The van der Waals surface area contributed by atoms with Crippen LogP contribution in [-0.2, 0) is 11.8 Å². The highest BCUT2D eigenvalue weighted by atomic mass is 16.2. The second-order valence-electron chi connectivity index (χ2n) is 5.28. The molecule has 0 unspecified atom stereocenters. The van der Waals surface area contributed by atoms with Gasteiger partial charge in [0.2, 0.25) is 0 Å². The number of likely N-dealkylation sites (N-methyl/N-ethyl adjacent to an activating group) is 1. The van der Waals surface area contributed by atoms with Crippen LogP contribution in [0.1, 0.15) is 42.4 Å². The number of aromatic nitrogens is 1. The van der Waals surface area contributed by atoms with E-state index in [2.05, 4.69) is 25.8 Å². The molecule has 1 aromatic heterocycles. The van der Waals surface area contributed by atoms with E-state index in [0.29, 0.717) is 0 Å². The number of carbonyl (C=O) groups excluding carboxylic acids is 1. The Balaban J connectivity index is 2.49. The van der Waals surface area contributed by atoms with E-state index in [1.54, 1.807) is 4.90 Å². The van der Waals surface area contributed by atoms with E-state index < -0.39 is 0 Å². The van der Waals surface area contributed by atoms with Crippen molar-refractivity contribution in [3.05, 3.63) is 23.0 Å². The molecule has 1 N–H and O–H groups in total. The summed E-state index contributed by atoms with van der Waals surface area (Å²) in [7, 11) is 1.85. The summed E-state index contributed by atoms with van der Waals surface area (Å²) in [6.45, 7) is 7.37. The summed E-state index contributed by atoms with van der Waals surface area (Å²) in [5.41, 5.74) is 3.39. The first-order valence-electron chi connectivity index (χ1n) is 5.37. The Hall–Kier alpha value is -1.25. The van der Waals surface area contributed by atoms with E-state index in [9.17, 15) is 4.79 Å². The summed E-state index contributed by atoms with van der Waals surface area (Å²) < 4.78 is 0. The third-order valence-corrected chi connectivity index (χ3v) is 3.05. The number of nitrogens with zero attached hydrogens (tertiary/aromatic N) is 1. The highest BCUT2D eigenvalue weighted by molar-refractivity contribution is 5.95. The van der Waals surface area contributed by atoms with Crippen LogP contribution in [0.15, 0.2) is 6.20 Å². The van der Waals surface area contributed by atoms with Crippen molar-refractivity contribution in [3.63, 3.8) is 0 Å². The Morgan fingerprint density at radius 3 is 2.67 bits per heavy atom. The van der Waals surface area contributed by atoms with Gasteiger partial charge < -0.3 is 9.88 Å². The Morgan fingerprint density at radius 1 is 1.40 bits per heavy atom. The fourth-order valence-electron chi connectivity index (χ4n) is 2.14. The quantitative estimate of drug-likeness (QED) is 0.692. The zero-order chi connectivity index (χ0) is 11.2. The second-order valence-corrected chi connectivity index (χ2v) is 5.28. The molecule has 1 aromatic rings. The van der Waals surface area contributed by atoms with Crippen molar-refractivity contribution in [2.24, 2.45) is 0 Å². The highest BCUT2D eigenvalue weighted by Crippen LogP contribution is 2.30. The number of fused-ring (bicyclic) bond motifs is 1. The summed E-state index contributed by atoms with van der Waals surface area (Å²) in [6.07, 6.45) is 2.95. The van der Waals surface area contributed by atoms with Gasteiger partial charge in [-0.3, -0.25) is 4.79 Å². The number of hydrogen-bond donors (Lipinski definition) is 1. The van der Waals surface area contributed by atoms with Crippen molar-refractivity contribution in [2.75, 3.05) is 13.6 Å². The summed E-state index contributed by atoms with van der Waals surface area (Å²) >= 11 is 0. The largest absolute Gasteiger partial charge is 0.357 e. The number of nitrogens with one attached hydrogen (secondary N) is 1. The highest BCUT2D eigenvalue weighted by Gasteiger charge is 2.29. The molecule has 15 heavy (non-hydrogen) atoms. The van der Waals surface area contributed by atoms with E-state index in [-0.39, 0.29) is 11.3 Å². The van der Waals surface area contributed by atoms with Crippen molar-refractivity contribution in [3.8, 4) is 0 Å². The molecule has 3 heteroatoms. The standard InChI is InChI=1S/C12H18N2O/c1-12(2,3)9-7-13-10-8(9)5-6-14(4)11(10)15/h7,13H,5-6H2,1-4H3. The van der Waals surface area contributed by atoms with Gasteiger partial charge >= 0.3 is 0 Å². The molecule has 1 aliphatic rings. The van der Waals surface area contributed by atoms with E-state index in [1.807, 2.05) is 13.2 Å². The molecule has 82 valence electrons. The molecule has 0 radical (unpaired) electrons. The second kappa shape index (κ2) is 3.12. The minimum atomic E-state index is 0.111. The minimum Gasteiger partial charge on any atom is -0.357 e. The van der Waals surface area contributed by atoms with Crippen LogP contribution >= 0.6 is 0 Å². The maximum Gasteiger partial charge on any atom is 0.270 e. The molecule has 0 aromatic carbocycles. The average Bonchev–Trinajstić information content (AvgIpc) is 2.54. The number of amides is 1. The van der Waals surface area contributed by atoms with Crippen LogP contribution in [0.2, 0.25) is 0 Å². The number of aromatic amines is 1. The lowest BCUT2D eigenvalue weighted by Gasteiger charge is -2.26. The van der Waals surface area contributed by atoms with Crippen LogP contribution < -0.4 is 0 Å².